The van der Waals surface area contributed by atoms with Gasteiger partial charge < -0.3 is 34.8 Å². The van der Waals surface area contributed by atoms with Crippen LogP contribution in [0.4, 0.5) is 0 Å². The van der Waals surface area contributed by atoms with E-state index < -0.39 is 54.6 Å². The third-order valence-corrected chi connectivity index (χ3v) is 3.22. The van der Waals surface area contributed by atoms with Crippen LogP contribution in [0.1, 0.15) is 20.8 Å². The molecule has 1 aliphatic heterocycles. The van der Waals surface area contributed by atoms with Crippen molar-refractivity contribution in [1.82, 2.24) is 5.32 Å². The van der Waals surface area contributed by atoms with Gasteiger partial charge in [0.25, 0.3) is 0 Å². The van der Waals surface area contributed by atoms with Crippen LogP contribution in [0.3, 0.4) is 0 Å². The van der Waals surface area contributed by atoms with Gasteiger partial charge in [0, 0.05) is 13.8 Å². The molecule has 1 fully saturated rings. The van der Waals surface area contributed by atoms with E-state index >= 15 is 0 Å². The summed E-state index contributed by atoms with van der Waals surface area (Å²) in [4.78, 5) is 33.0. The molecule has 23 heavy (non-hydrogen) atoms. The number of carbonyl (C=O) groups excluding carboxylic acids is 2. The van der Waals surface area contributed by atoms with Crippen molar-refractivity contribution in [3.8, 4) is 0 Å². The number of aliphatic carboxylic acids is 1. The number of ether oxygens (including phenoxy) is 3. The third-order valence-electron chi connectivity index (χ3n) is 3.22. The summed E-state index contributed by atoms with van der Waals surface area (Å²) in [5.41, 5.74) is 0. The highest BCUT2D eigenvalue weighted by molar-refractivity contribution is 5.73. The molecule has 10 nitrogen and oxygen atoms in total. The normalized spacial score (nSPS) is 32.0. The van der Waals surface area contributed by atoms with Crippen molar-refractivity contribution in [3.63, 3.8) is 0 Å². The third kappa shape index (κ3) is 5.43. The summed E-state index contributed by atoms with van der Waals surface area (Å²) in [7, 11) is 0. The van der Waals surface area contributed by atoms with Gasteiger partial charge in [-0.2, -0.15) is 0 Å². The van der Waals surface area contributed by atoms with Crippen molar-refractivity contribution in [2.45, 2.75) is 57.5 Å². The second-order valence-electron chi connectivity index (χ2n) is 5.17. The summed E-state index contributed by atoms with van der Waals surface area (Å²) >= 11 is 0. The topological polar surface area (TPSA) is 152 Å². The second-order valence-corrected chi connectivity index (χ2v) is 5.17. The first-order valence-electron chi connectivity index (χ1n) is 6.93. The van der Waals surface area contributed by atoms with Crippen LogP contribution < -0.4 is 5.32 Å². The van der Waals surface area contributed by atoms with Gasteiger partial charge in [0.05, 0.1) is 0 Å². The lowest BCUT2D eigenvalue weighted by Gasteiger charge is -2.43. The number of amides is 1. The highest BCUT2D eigenvalue weighted by Gasteiger charge is 2.47. The quantitative estimate of drug-likeness (QED) is 0.403. The SMILES string of the molecule is CC(=O)N[C@@H]1[C@@H](OC(C)C(=O)O)[C@H](O)[C@@H](COC(C)=O)O[C@@H]1O. The van der Waals surface area contributed by atoms with E-state index in [9.17, 15) is 24.6 Å². The minimum absolute atomic E-state index is 0.359. The van der Waals surface area contributed by atoms with Crippen molar-refractivity contribution >= 4 is 17.8 Å². The Labute approximate surface area is 132 Å². The molecular formula is C13H21NO9. The van der Waals surface area contributed by atoms with Gasteiger partial charge in [-0.3, -0.25) is 9.59 Å². The van der Waals surface area contributed by atoms with Crippen molar-refractivity contribution in [3.05, 3.63) is 0 Å². The van der Waals surface area contributed by atoms with Crippen LogP contribution in [0.5, 0.6) is 0 Å². The fourth-order valence-corrected chi connectivity index (χ4v) is 2.12. The minimum Gasteiger partial charge on any atom is -0.479 e. The maximum atomic E-state index is 11.2. The van der Waals surface area contributed by atoms with Gasteiger partial charge in [0.15, 0.2) is 12.4 Å². The lowest BCUT2D eigenvalue weighted by molar-refractivity contribution is -0.268. The van der Waals surface area contributed by atoms with Crippen molar-refractivity contribution in [2.24, 2.45) is 0 Å². The van der Waals surface area contributed by atoms with Crippen LogP contribution in [-0.4, -0.2) is 76.5 Å². The van der Waals surface area contributed by atoms with Gasteiger partial charge in [-0.05, 0) is 6.92 Å². The summed E-state index contributed by atoms with van der Waals surface area (Å²) in [6.45, 7) is 3.22. The van der Waals surface area contributed by atoms with Gasteiger partial charge in [-0.1, -0.05) is 0 Å². The number of rotatable bonds is 6. The first kappa shape index (κ1) is 19.3. The maximum absolute atomic E-state index is 11.2. The molecule has 0 aromatic rings. The highest BCUT2D eigenvalue weighted by atomic mass is 16.6. The van der Waals surface area contributed by atoms with Crippen LogP contribution in [0.2, 0.25) is 0 Å². The van der Waals surface area contributed by atoms with E-state index in [0.717, 1.165) is 6.92 Å². The maximum Gasteiger partial charge on any atom is 0.332 e. The molecule has 6 atom stereocenters. The van der Waals surface area contributed by atoms with Crippen molar-refractivity contribution in [2.75, 3.05) is 6.61 Å². The zero-order valence-corrected chi connectivity index (χ0v) is 13.0. The highest BCUT2D eigenvalue weighted by Crippen LogP contribution is 2.24. The van der Waals surface area contributed by atoms with Crippen molar-refractivity contribution < 1.29 is 43.9 Å². The first-order chi connectivity index (χ1) is 10.6. The largest absolute Gasteiger partial charge is 0.479 e. The molecule has 4 N–H and O–H groups in total. The number of carboxylic acid groups (broad SMARTS) is 1. The zero-order valence-electron chi connectivity index (χ0n) is 13.0. The molecular weight excluding hydrogens is 314 g/mol. The van der Waals surface area contributed by atoms with Crippen LogP contribution in [0.25, 0.3) is 0 Å². The summed E-state index contributed by atoms with van der Waals surface area (Å²) < 4.78 is 15.1. The van der Waals surface area contributed by atoms with E-state index in [1.807, 2.05) is 0 Å². The number of hydrogen-bond acceptors (Lipinski definition) is 8. The Kier molecular flexibility index (Phi) is 6.88. The van der Waals surface area contributed by atoms with Gasteiger partial charge >= 0.3 is 11.9 Å². The smallest absolute Gasteiger partial charge is 0.332 e. The fraction of sp³-hybridized carbons (Fsp3) is 0.769. The summed E-state index contributed by atoms with van der Waals surface area (Å²) in [5.74, 6) is -2.42. The molecule has 1 saturated heterocycles. The molecule has 1 amide bonds. The first-order valence-corrected chi connectivity index (χ1v) is 6.93. The monoisotopic (exact) mass is 335 g/mol. The summed E-state index contributed by atoms with van der Waals surface area (Å²) in [5, 5.41) is 31.5. The number of carbonyl (C=O) groups is 3. The predicted octanol–water partition coefficient (Wildman–Crippen LogP) is -2.01. The van der Waals surface area contributed by atoms with Gasteiger partial charge in [0.2, 0.25) is 5.91 Å². The Morgan fingerprint density at radius 2 is 1.87 bits per heavy atom. The number of hydrogen-bond donors (Lipinski definition) is 4. The molecule has 0 radical (unpaired) electrons. The molecule has 0 aromatic heterocycles. The van der Waals surface area contributed by atoms with Crippen LogP contribution >= 0.6 is 0 Å². The van der Waals surface area contributed by atoms with E-state index in [-0.39, 0.29) is 6.61 Å². The lowest BCUT2D eigenvalue weighted by atomic mass is 9.96. The summed E-state index contributed by atoms with van der Waals surface area (Å²) in [6.07, 6.45) is -6.71. The lowest BCUT2D eigenvalue weighted by Crippen LogP contribution is -2.65. The number of nitrogens with one attached hydrogen (secondary N) is 1. The number of esters is 1. The molecule has 0 bridgehead atoms. The van der Waals surface area contributed by atoms with E-state index in [2.05, 4.69) is 5.32 Å². The number of aliphatic hydroxyl groups is 2. The van der Waals surface area contributed by atoms with Gasteiger partial charge in [0.1, 0.15) is 31.0 Å². The Morgan fingerprint density at radius 3 is 2.35 bits per heavy atom. The molecule has 10 heteroatoms. The molecule has 0 aliphatic carbocycles. The van der Waals surface area contributed by atoms with E-state index in [0.29, 0.717) is 0 Å². The molecule has 1 aliphatic rings. The standard InChI is InChI=1S/C13H21NO9/c1-5(12(18)19)22-11-9(14-6(2)15)13(20)23-8(10(11)17)4-21-7(3)16/h5,8-11,13,17,20H,4H2,1-3H3,(H,14,15)(H,18,19)/t5?,8-,9-,10-,11-,13+/m1/s1. The number of aliphatic hydroxyl groups excluding tert-OH is 2. The Bertz CT molecular complexity index is 455. The predicted molar refractivity (Wildman–Crippen MR) is 73.1 cm³/mol. The average Bonchev–Trinajstić information content (AvgIpc) is 2.43. The average molecular weight is 335 g/mol. The molecule has 1 unspecified atom stereocenters. The molecule has 132 valence electrons. The van der Waals surface area contributed by atoms with E-state index in [1.165, 1.54) is 13.8 Å². The van der Waals surface area contributed by atoms with E-state index in [4.69, 9.17) is 19.3 Å². The molecule has 0 saturated carbocycles. The number of carboxylic acids is 1. The van der Waals surface area contributed by atoms with Gasteiger partial charge in [-0.25, -0.2) is 4.79 Å². The molecule has 0 spiro atoms. The minimum atomic E-state index is -1.58. The fourth-order valence-electron chi connectivity index (χ4n) is 2.12. The summed E-state index contributed by atoms with van der Waals surface area (Å²) in [6, 6.07) is -1.18. The van der Waals surface area contributed by atoms with Crippen LogP contribution in [-0.2, 0) is 28.6 Å². The Hall–Kier alpha value is -1.75. The van der Waals surface area contributed by atoms with Crippen molar-refractivity contribution in [1.29, 1.82) is 0 Å². The van der Waals surface area contributed by atoms with Gasteiger partial charge in [-0.15, -0.1) is 0 Å². The Morgan fingerprint density at radius 1 is 1.26 bits per heavy atom. The van der Waals surface area contributed by atoms with Crippen LogP contribution in [0, 0.1) is 0 Å². The van der Waals surface area contributed by atoms with E-state index in [1.54, 1.807) is 0 Å². The molecule has 1 heterocycles. The molecule has 0 aromatic carbocycles. The Balaban J connectivity index is 2.93. The van der Waals surface area contributed by atoms with Crippen LogP contribution in [0.15, 0.2) is 0 Å². The second kappa shape index (κ2) is 8.20. The zero-order chi connectivity index (χ0) is 17.7. The molecule has 1 rings (SSSR count).